The summed E-state index contributed by atoms with van der Waals surface area (Å²) in [4.78, 5) is 0. The lowest BCUT2D eigenvalue weighted by Gasteiger charge is -2.23. The maximum absolute atomic E-state index is 7.07. The first-order valence-electron chi connectivity index (χ1n) is 6.62. The summed E-state index contributed by atoms with van der Waals surface area (Å²) in [6, 6.07) is 25.0. The van der Waals surface area contributed by atoms with Gasteiger partial charge in [-0.05, 0) is 21.1 Å². The molecule has 2 heteroatoms. The zero-order valence-corrected chi connectivity index (χ0v) is 12.8. The molecular weight excluding hydrogens is 280 g/mol. The molecule has 0 saturated carbocycles. The van der Waals surface area contributed by atoms with Gasteiger partial charge >= 0.3 is 0 Å². The van der Waals surface area contributed by atoms with Crippen molar-refractivity contribution in [2.24, 2.45) is 0 Å². The Morgan fingerprint density at radius 1 is 0.800 bits per heavy atom. The molecule has 0 spiro atoms. The van der Waals surface area contributed by atoms with Crippen LogP contribution in [0.3, 0.4) is 0 Å². The van der Waals surface area contributed by atoms with Gasteiger partial charge in [-0.15, -0.1) is 17.7 Å². The lowest BCUT2D eigenvalue weighted by atomic mass is 10.1. The van der Waals surface area contributed by atoms with Crippen LogP contribution in [0.4, 0.5) is 0 Å². The number of fused-ring (bicyclic) bond motifs is 1. The van der Waals surface area contributed by atoms with E-state index in [4.69, 9.17) is 11.1 Å². The molecule has 98 valence electrons. The van der Waals surface area contributed by atoms with Crippen molar-refractivity contribution in [2.75, 3.05) is 0 Å². The molecule has 0 amide bonds. The fourth-order valence-electron chi connectivity index (χ4n) is 2.61. The molecule has 0 radical (unpaired) electrons. The van der Waals surface area contributed by atoms with Crippen molar-refractivity contribution in [1.82, 2.24) is 0 Å². The summed E-state index contributed by atoms with van der Waals surface area (Å²) in [7, 11) is -2.40. The van der Waals surface area contributed by atoms with Gasteiger partial charge in [-0.25, -0.2) is 0 Å². The molecule has 0 bridgehead atoms. The molecule has 0 aliphatic heterocycles. The second kappa shape index (κ2) is 5.27. The van der Waals surface area contributed by atoms with Crippen LogP contribution in [0, 0.1) is 0 Å². The Hall–Kier alpha value is -1.83. The van der Waals surface area contributed by atoms with Crippen LogP contribution in [-0.2, 0) is 0 Å². The average Bonchev–Trinajstić information content (AvgIpc) is 2.54. The summed E-state index contributed by atoms with van der Waals surface area (Å²) in [6.45, 7) is 4.02. The number of benzene rings is 3. The Balaban J connectivity index is 2.30. The summed E-state index contributed by atoms with van der Waals surface area (Å²) < 4.78 is 0. The van der Waals surface area contributed by atoms with E-state index in [0.717, 1.165) is 0 Å². The van der Waals surface area contributed by atoms with E-state index >= 15 is 0 Å². The van der Waals surface area contributed by atoms with Crippen LogP contribution in [0.25, 0.3) is 10.8 Å². The average molecular weight is 295 g/mol. The lowest BCUT2D eigenvalue weighted by Crippen LogP contribution is -2.52. The normalized spacial score (nSPS) is 13.8. The Labute approximate surface area is 125 Å². The SMILES string of the molecule is C=C[Si](Cl)(c1ccccc1)c1cccc2ccccc12. The molecule has 1 atom stereocenters. The van der Waals surface area contributed by atoms with Crippen molar-refractivity contribution in [3.05, 3.63) is 85.1 Å². The van der Waals surface area contributed by atoms with Gasteiger partial charge in [-0.3, -0.25) is 0 Å². The molecule has 20 heavy (non-hydrogen) atoms. The Bertz CT molecular complexity index is 746. The second-order valence-corrected chi connectivity index (χ2v) is 9.54. The third-order valence-corrected chi connectivity index (χ3v) is 8.34. The standard InChI is InChI=1S/C18H15ClSi/c1-2-20(19,16-11-4-3-5-12-16)18-14-8-10-15-9-6-7-13-17(15)18/h2-14H,1H2. The van der Waals surface area contributed by atoms with Gasteiger partial charge < -0.3 is 0 Å². The minimum absolute atomic E-state index is 1.17. The predicted octanol–water partition coefficient (Wildman–Crippen LogP) is 3.86. The molecule has 0 N–H and O–H groups in total. The molecular formula is C18H15ClSi. The maximum Gasteiger partial charge on any atom is 0.240 e. The van der Waals surface area contributed by atoms with Gasteiger partial charge in [-0.2, -0.15) is 0 Å². The van der Waals surface area contributed by atoms with Gasteiger partial charge in [0.25, 0.3) is 0 Å². The van der Waals surface area contributed by atoms with Crippen molar-refractivity contribution in [3.8, 4) is 0 Å². The number of hydrogen-bond donors (Lipinski definition) is 0. The molecule has 0 nitrogen and oxygen atoms in total. The van der Waals surface area contributed by atoms with E-state index in [1.165, 1.54) is 21.1 Å². The second-order valence-electron chi connectivity index (χ2n) is 4.81. The van der Waals surface area contributed by atoms with E-state index in [-0.39, 0.29) is 0 Å². The van der Waals surface area contributed by atoms with Gasteiger partial charge in [0, 0.05) is 0 Å². The first-order valence-corrected chi connectivity index (χ1v) is 9.71. The van der Waals surface area contributed by atoms with Crippen molar-refractivity contribution in [3.63, 3.8) is 0 Å². The van der Waals surface area contributed by atoms with Crippen molar-refractivity contribution < 1.29 is 0 Å². The predicted molar refractivity (Wildman–Crippen MR) is 91.5 cm³/mol. The first kappa shape index (κ1) is 13.2. The topological polar surface area (TPSA) is 0 Å². The Morgan fingerprint density at radius 3 is 2.20 bits per heavy atom. The third kappa shape index (κ3) is 2.09. The van der Waals surface area contributed by atoms with E-state index in [1.807, 2.05) is 23.9 Å². The van der Waals surface area contributed by atoms with Gasteiger partial charge in [0.2, 0.25) is 7.38 Å². The van der Waals surface area contributed by atoms with Gasteiger partial charge in [0.05, 0.1) is 0 Å². The van der Waals surface area contributed by atoms with Gasteiger partial charge in [0.1, 0.15) is 0 Å². The van der Waals surface area contributed by atoms with Crippen LogP contribution in [0.15, 0.2) is 85.1 Å². The summed E-state index contributed by atoms with van der Waals surface area (Å²) >= 11 is 7.07. The Morgan fingerprint density at radius 2 is 1.45 bits per heavy atom. The molecule has 3 aromatic carbocycles. The molecule has 3 aromatic rings. The minimum Gasteiger partial charge on any atom is -0.149 e. The van der Waals surface area contributed by atoms with Crippen molar-refractivity contribution >= 4 is 39.6 Å². The molecule has 3 rings (SSSR count). The van der Waals surface area contributed by atoms with Gasteiger partial charge in [0.15, 0.2) is 0 Å². The smallest absolute Gasteiger partial charge is 0.149 e. The van der Waals surface area contributed by atoms with Gasteiger partial charge in [-0.1, -0.05) is 78.5 Å². The van der Waals surface area contributed by atoms with Crippen LogP contribution < -0.4 is 10.4 Å². The fourth-order valence-corrected chi connectivity index (χ4v) is 5.88. The molecule has 0 saturated heterocycles. The largest absolute Gasteiger partial charge is 0.240 e. The molecule has 1 unspecified atom stereocenters. The molecule has 0 heterocycles. The number of rotatable bonds is 3. The molecule has 0 fully saturated rings. The minimum atomic E-state index is -2.40. The Kier molecular flexibility index (Phi) is 3.47. The van der Waals surface area contributed by atoms with E-state index in [0.29, 0.717) is 0 Å². The van der Waals surface area contributed by atoms with Crippen molar-refractivity contribution in [2.45, 2.75) is 0 Å². The summed E-state index contributed by atoms with van der Waals surface area (Å²) in [5, 5.41) is 4.83. The highest BCUT2D eigenvalue weighted by molar-refractivity contribution is 7.37. The summed E-state index contributed by atoms with van der Waals surface area (Å²) in [5.41, 5.74) is 1.95. The maximum atomic E-state index is 7.07. The fraction of sp³-hybridized carbons (Fsp3) is 0. The summed E-state index contributed by atoms with van der Waals surface area (Å²) in [6.07, 6.45) is 0. The highest BCUT2D eigenvalue weighted by Gasteiger charge is 2.33. The lowest BCUT2D eigenvalue weighted by molar-refractivity contribution is 1.74. The van der Waals surface area contributed by atoms with Crippen LogP contribution >= 0.6 is 11.1 Å². The molecule has 0 aliphatic carbocycles. The van der Waals surface area contributed by atoms with E-state index in [1.54, 1.807) is 0 Å². The highest BCUT2D eigenvalue weighted by Crippen LogP contribution is 2.19. The van der Waals surface area contributed by atoms with E-state index in [9.17, 15) is 0 Å². The first-order chi connectivity index (χ1) is 9.75. The zero-order valence-electron chi connectivity index (χ0n) is 11.1. The van der Waals surface area contributed by atoms with Crippen LogP contribution in [-0.4, -0.2) is 7.38 Å². The number of hydrogen-bond acceptors (Lipinski definition) is 0. The van der Waals surface area contributed by atoms with E-state index in [2.05, 4.69) is 61.2 Å². The van der Waals surface area contributed by atoms with E-state index < -0.39 is 7.38 Å². The van der Waals surface area contributed by atoms with Crippen LogP contribution in [0.5, 0.6) is 0 Å². The van der Waals surface area contributed by atoms with Crippen LogP contribution in [0.2, 0.25) is 0 Å². The van der Waals surface area contributed by atoms with Crippen molar-refractivity contribution in [1.29, 1.82) is 0 Å². The third-order valence-electron chi connectivity index (χ3n) is 3.66. The van der Waals surface area contributed by atoms with Crippen LogP contribution in [0.1, 0.15) is 0 Å². The number of halogens is 1. The molecule has 0 aliphatic rings. The zero-order chi connectivity index (χ0) is 14.0. The quantitative estimate of drug-likeness (QED) is 0.508. The monoisotopic (exact) mass is 294 g/mol. The summed E-state index contributed by atoms with van der Waals surface area (Å²) in [5.74, 6) is 0. The highest BCUT2D eigenvalue weighted by atomic mass is 35.6. The molecule has 0 aromatic heterocycles.